The molecule has 9 nitrogen and oxygen atoms in total. The first-order valence-corrected chi connectivity index (χ1v) is 11.0. The lowest BCUT2D eigenvalue weighted by atomic mass is 10.2. The third-order valence-electron chi connectivity index (χ3n) is 4.75. The number of anilines is 2. The normalized spacial score (nSPS) is 10.9. The second-order valence-electron chi connectivity index (χ2n) is 7.38. The summed E-state index contributed by atoms with van der Waals surface area (Å²) in [5, 5.41) is 10.9. The molecule has 10 heteroatoms. The summed E-state index contributed by atoms with van der Waals surface area (Å²) in [6.07, 6.45) is 1.51. The summed E-state index contributed by atoms with van der Waals surface area (Å²) in [6.45, 7) is 3.97. The van der Waals surface area contributed by atoms with Crippen LogP contribution in [0.2, 0.25) is 0 Å². The van der Waals surface area contributed by atoms with Crippen LogP contribution in [-0.2, 0) is 0 Å². The molecule has 2 aromatic heterocycles. The Balaban J connectivity index is 1.51. The number of carbonyl (C=O) groups is 1. The third-order valence-corrected chi connectivity index (χ3v) is 5.76. The maximum Gasteiger partial charge on any atom is 0.324 e. The van der Waals surface area contributed by atoms with E-state index in [0.717, 1.165) is 20.8 Å². The zero-order valence-electron chi connectivity index (χ0n) is 18.6. The van der Waals surface area contributed by atoms with Crippen LogP contribution in [0.15, 0.2) is 63.2 Å². The second-order valence-corrected chi connectivity index (χ2v) is 8.44. The molecule has 0 fully saturated rings. The van der Waals surface area contributed by atoms with Crippen LogP contribution in [0, 0.1) is 0 Å². The number of hydrogen-bond acceptors (Lipinski definition) is 8. The highest BCUT2D eigenvalue weighted by Gasteiger charge is 2.13. The van der Waals surface area contributed by atoms with Crippen LogP contribution in [-0.4, -0.2) is 35.4 Å². The number of hydrogen-bond donors (Lipinski definition) is 2. The van der Waals surface area contributed by atoms with Gasteiger partial charge in [-0.2, -0.15) is 0 Å². The van der Waals surface area contributed by atoms with E-state index in [1.165, 1.54) is 18.1 Å². The van der Waals surface area contributed by atoms with E-state index in [-0.39, 0.29) is 5.92 Å². The number of methoxy groups -OCH3 is 2. The van der Waals surface area contributed by atoms with Crippen LogP contribution in [0.1, 0.15) is 25.5 Å². The molecule has 0 bridgehead atoms. The molecule has 0 atom stereocenters. The lowest BCUT2D eigenvalue weighted by molar-refractivity contribution is 0.262. The molecule has 2 N–H and O–H groups in total. The number of benzene rings is 2. The molecule has 0 saturated carbocycles. The van der Waals surface area contributed by atoms with Crippen molar-refractivity contribution in [2.45, 2.75) is 29.7 Å². The SMILES string of the molecule is COc1cc2ncnc(Sc3cccc(NC(=O)Nc4cc(C(C)C)on4)c3)c2cc1OC. The topological polar surface area (TPSA) is 111 Å². The zero-order chi connectivity index (χ0) is 23.4. The molecule has 0 aliphatic heterocycles. The average molecular weight is 466 g/mol. The Morgan fingerprint density at radius 2 is 1.82 bits per heavy atom. The van der Waals surface area contributed by atoms with Crippen LogP contribution >= 0.6 is 11.8 Å². The maximum atomic E-state index is 12.4. The molecular weight excluding hydrogens is 442 g/mol. The number of fused-ring (bicyclic) bond motifs is 1. The minimum Gasteiger partial charge on any atom is -0.493 e. The third kappa shape index (κ3) is 5.17. The first-order chi connectivity index (χ1) is 16.0. The fourth-order valence-corrected chi connectivity index (χ4v) is 4.02. The largest absolute Gasteiger partial charge is 0.493 e. The monoisotopic (exact) mass is 465 g/mol. The Labute approximate surface area is 194 Å². The van der Waals surface area contributed by atoms with E-state index >= 15 is 0 Å². The summed E-state index contributed by atoms with van der Waals surface area (Å²) in [4.78, 5) is 22.0. The Morgan fingerprint density at radius 1 is 1.03 bits per heavy atom. The molecule has 2 heterocycles. The fraction of sp³-hybridized carbons (Fsp3) is 0.217. The summed E-state index contributed by atoms with van der Waals surface area (Å²) in [7, 11) is 3.17. The fourth-order valence-electron chi connectivity index (χ4n) is 3.09. The second kappa shape index (κ2) is 9.78. The van der Waals surface area contributed by atoms with Gasteiger partial charge in [0.15, 0.2) is 17.3 Å². The van der Waals surface area contributed by atoms with E-state index in [9.17, 15) is 4.79 Å². The minimum absolute atomic E-state index is 0.184. The minimum atomic E-state index is -0.412. The van der Waals surface area contributed by atoms with Crippen molar-refractivity contribution < 1.29 is 18.8 Å². The van der Waals surface area contributed by atoms with Gasteiger partial charge < -0.3 is 19.3 Å². The molecule has 0 radical (unpaired) electrons. The van der Waals surface area contributed by atoms with Crippen molar-refractivity contribution in [3.05, 3.63) is 54.6 Å². The van der Waals surface area contributed by atoms with E-state index in [2.05, 4.69) is 25.8 Å². The van der Waals surface area contributed by atoms with Crippen molar-refractivity contribution in [2.24, 2.45) is 0 Å². The van der Waals surface area contributed by atoms with Crippen molar-refractivity contribution in [3.8, 4) is 11.5 Å². The number of carbonyl (C=O) groups excluding carboxylic acids is 1. The van der Waals surface area contributed by atoms with E-state index in [1.807, 2.05) is 44.2 Å². The Morgan fingerprint density at radius 3 is 2.55 bits per heavy atom. The van der Waals surface area contributed by atoms with Crippen LogP contribution in [0.5, 0.6) is 11.5 Å². The van der Waals surface area contributed by atoms with Crippen molar-refractivity contribution in [1.29, 1.82) is 0 Å². The molecule has 0 unspecified atom stereocenters. The number of nitrogens with zero attached hydrogens (tertiary/aromatic N) is 3. The van der Waals surface area contributed by atoms with Gasteiger partial charge in [-0.15, -0.1) is 0 Å². The van der Waals surface area contributed by atoms with Gasteiger partial charge in [0.2, 0.25) is 0 Å². The van der Waals surface area contributed by atoms with E-state index in [0.29, 0.717) is 28.8 Å². The molecule has 2 amide bonds. The van der Waals surface area contributed by atoms with Gasteiger partial charge in [-0.3, -0.25) is 5.32 Å². The van der Waals surface area contributed by atoms with Gasteiger partial charge in [0.25, 0.3) is 0 Å². The first-order valence-electron chi connectivity index (χ1n) is 10.2. The number of urea groups is 1. The molecule has 4 aromatic rings. The van der Waals surface area contributed by atoms with Crippen LogP contribution < -0.4 is 20.1 Å². The van der Waals surface area contributed by atoms with E-state index in [4.69, 9.17) is 14.0 Å². The van der Waals surface area contributed by atoms with Gasteiger partial charge in [-0.25, -0.2) is 14.8 Å². The quantitative estimate of drug-likeness (QED) is 0.342. The molecule has 0 spiro atoms. The predicted molar refractivity (Wildman–Crippen MR) is 126 cm³/mol. The van der Waals surface area contributed by atoms with Crippen molar-refractivity contribution >= 4 is 40.2 Å². The van der Waals surface area contributed by atoms with Gasteiger partial charge >= 0.3 is 6.03 Å². The van der Waals surface area contributed by atoms with Gasteiger partial charge in [0, 0.05) is 34.0 Å². The molecule has 2 aromatic carbocycles. The standard InChI is InChI=1S/C23H23N5O4S/c1-13(2)18-11-21(28-32-18)27-23(29)26-14-6-5-7-15(8-14)33-22-16-9-19(30-3)20(31-4)10-17(16)24-12-25-22/h5-13H,1-4H3,(H2,26,27,28,29). The molecule has 0 aliphatic rings. The van der Waals surface area contributed by atoms with Crippen LogP contribution in [0.4, 0.5) is 16.3 Å². The highest BCUT2D eigenvalue weighted by Crippen LogP contribution is 2.37. The molecule has 33 heavy (non-hydrogen) atoms. The Hall–Kier alpha value is -3.79. The summed E-state index contributed by atoms with van der Waals surface area (Å²) in [6, 6.07) is 12.4. The highest BCUT2D eigenvalue weighted by molar-refractivity contribution is 7.99. The molecule has 0 aliphatic carbocycles. The maximum absolute atomic E-state index is 12.4. The first kappa shape index (κ1) is 22.4. The van der Waals surface area contributed by atoms with Gasteiger partial charge in [-0.1, -0.05) is 36.8 Å². The average Bonchev–Trinajstić information content (AvgIpc) is 3.27. The summed E-state index contributed by atoms with van der Waals surface area (Å²) >= 11 is 1.45. The summed E-state index contributed by atoms with van der Waals surface area (Å²) in [5.74, 6) is 2.45. The number of nitrogens with one attached hydrogen (secondary N) is 2. The number of amides is 2. The van der Waals surface area contributed by atoms with Crippen molar-refractivity contribution in [1.82, 2.24) is 15.1 Å². The summed E-state index contributed by atoms with van der Waals surface area (Å²) < 4.78 is 16.0. The van der Waals surface area contributed by atoms with Gasteiger partial charge in [0.1, 0.15) is 17.1 Å². The van der Waals surface area contributed by atoms with E-state index in [1.54, 1.807) is 26.4 Å². The molecule has 170 valence electrons. The highest BCUT2D eigenvalue weighted by atomic mass is 32.2. The molecule has 4 rings (SSSR count). The lowest BCUT2D eigenvalue weighted by Crippen LogP contribution is -2.19. The number of ether oxygens (including phenoxy) is 2. The molecule has 0 saturated heterocycles. The smallest absolute Gasteiger partial charge is 0.324 e. The van der Waals surface area contributed by atoms with Crippen molar-refractivity contribution in [3.63, 3.8) is 0 Å². The molecular formula is C23H23N5O4S. The number of rotatable bonds is 7. The van der Waals surface area contributed by atoms with Gasteiger partial charge in [0.05, 0.1) is 19.7 Å². The summed E-state index contributed by atoms with van der Waals surface area (Å²) in [5.41, 5.74) is 1.37. The zero-order valence-corrected chi connectivity index (χ0v) is 19.4. The van der Waals surface area contributed by atoms with Gasteiger partial charge in [-0.05, 0) is 24.3 Å². The van der Waals surface area contributed by atoms with E-state index < -0.39 is 6.03 Å². The Kier molecular flexibility index (Phi) is 6.64. The predicted octanol–water partition coefficient (Wildman–Crippen LogP) is 5.55. The van der Waals surface area contributed by atoms with Crippen LogP contribution in [0.3, 0.4) is 0 Å². The lowest BCUT2D eigenvalue weighted by Gasteiger charge is -2.11. The number of aromatic nitrogens is 3. The Bertz CT molecular complexity index is 1290. The van der Waals surface area contributed by atoms with Crippen molar-refractivity contribution in [2.75, 3.05) is 24.9 Å². The van der Waals surface area contributed by atoms with Crippen LogP contribution in [0.25, 0.3) is 10.9 Å².